The molecular formula is C9H6BrO+. The fourth-order valence-electron chi connectivity index (χ4n) is 1.00. The number of fused-ring (bicyclic) bond motifs is 1. The van der Waals surface area contributed by atoms with E-state index in [4.69, 9.17) is 4.42 Å². The molecule has 11 heavy (non-hydrogen) atoms. The first-order valence-electron chi connectivity index (χ1n) is 3.32. The lowest BCUT2D eigenvalue weighted by atomic mass is 10.2. The highest BCUT2D eigenvalue weighted by Gasteiger charge is 2.02. The molecule has 0 bridgehead atoms. The van der Waals surface area contributed by atoms with Crippen molar-refractivity contribution >= 4 is 26.9 Å². The molecule has 0 spiro atoms. The van der Waals surface area contributed by atoms with Gasteiger partial charge in [0.25, 0.3) is 0 Å². The first-order chi connectivity index (χ1) is 5.36. The Hall–Kier alpha value is -0.890. The fraction of sp³-hybridized carbons (Fsp3) is 0. The summed E-state index contributed by atoms with van der Waals surface area (Å²) in [4.78, 5) is 0. The molecule has 0 aliphatic carbocycles. The maximum absolute atomic E-state index is 5.26. The van der Waals surface area contributed by atoms with Crippen molar-refractivity contribution in [2.75, 3.05) is 0 Å². The summed E-state index contributed by atoms with van der Waals surface area (Å²) in [6, 6.07) is 9.87. The Morgan fingerprint density at radius 2 is 2.09 bits per heavy atom. The molecule has 0 fully saturated rings. The van der Waals surface area contributed by atoms with Gasteiger partial charge < -0.3 is 0 Å². The van der Waals surface area contributed by atoms with Crippen molar-refractivity contribution in [1.29, 1.82) is 0 Å². The van der Waals surface area contributed by atoms with Gasteiger partial charge in [0.15, 0.2) is 0 Å². The van der Waals surface area contributed by atoms with Gasteiger partial charge in [0.2, 0.25) is 0 Å². The minimum atomic E-state index is 0.905. The van der Waals surface area contributed by atoms with Gasteiger partial charge in [0, 0.05) is 10.5 Å². The molecule has 1 aromatic heterocycles. The van der Waals surface area contributed by atoms with E-state index >= 15 is 0 Å². The lowest BCUT2D eigenvalue weighted by Gasteiger charge is -1.86. The molecule has 0 saturated carbocycles. The molecule has 0 aliphatic rings. The summed E-state index contributed by atoms with van der Waals surface area (Å²) in [6.07, 6.45) is 1.68. The van der Waals surface area contributed by atoms with Crippen LogP contribution in [0.5, 0.6) is 0 Å². The van der Waals surface area contributed by atoms with Crippen LogP contribution in [0.25, 0.3) is 11.0 Å². The summed E-state index contributed by atoms with van der Waals surface area (Å²) in [6.45, 7) is 0. The van der Waals surface area contributed by atoms with Gasteiger partial charge in [0.1, 0.15) is 0 Å². The van der Waals surface area contributed by atoms with Crippen LogP contribution in [0.3, 0.4) is 0 Å². The molecule has 0 saturated heterocycles. The Morgan fingerprint density at radius 3 is 3.00 bits per heavy atom. The molecule has 0 N–H and O–H groups in total. The van der Waals surface area contributed by atoms with Gasteiger partial charge in [-0.3, -0.25) is 0 Å². The van der Waals surface area contributed by atoms with Crippen LogP contribution >= 0.6 is 15.9 Å². The highest BCUT2D eigenvalue weighted by Crippen LogP contribution is 2.18. The van der Waals surface area contributed by atoms with E-state index in [1.165, 1.54) is 0 Å². The minimum Gasteiger partial charge on any atom is -0.216 e. The van der Waals surface area contributed by atoms with Gasteiger partial charge in [-0.25, -0.2) is 4.42 Å². The van der Waals surface area contributed by atoms with Crippen LogP contribution < -0.4 is 0 Å². The Kier molecular flexibility index (Phi) is 1.62. The third kappa shape index (κ3) is 1.26. The summed E-state index contributed by atoms with van der Waals surface area (Å²) < 4.78 is 6.30. The Morgan fingerprint density at radius 1 is 1.18 bits per heavy atom. The lowest BCUT2D eigenvalue weighted by Crippen LogP contribution is -1.70. The first kappa shape index (κ1) is 6.80. The predicted octanol–water partition coefficient (Wildman–Crippen LogP) is 3.48. The zero-order valence-corrected chi connectivity index (χ0v) is 7.34. The van der Waals surface area contributed by atoms with Gasteiger partial charge in [-0.15, -0.1) is 0 Å². The standard InChI is InChI=1S/C9H6BrO/c10-8-4-3-7-2-1-5-11-9(7)6-8/h1-6H/q+1. The Bertz CT molecular complexity index is 384. The largest absolute Gasteiger partial charge is 0.360 e. The highest BCUT2D eigenvalue weighted by atomic mass is 79.9. The summed E-state index contributed by atoms with van der Waals surface area (Å²) in [7, 11) is 0. The van der Waals surface area contributed by atoms with Crippen molar-refractivity contribution in [2.24, 2.45) is 0 Å². The van der Waals surface area contributed by atoms with Gasteiger partial charge in [0.05, 0.1) is 11.5 Å². The predicted molar refractivity (Wildman–Crippen MR) is 48.3 cm³/mol. The van der Waals surface area contributed by atoms with E-state index < -0.39 is 0 Å². The van der Waals surface area contributed by atoms with Gasteiger partial charge >= 0.3 is 11.8 Å². The molecule has 2 heteroatoms. The number of hydrogen-bond donors (Lipinski definition) is 0. The highest BCUT2D eigenvalue weighted by molar-refractivity contribution is 9.10. The molecular weight excluding hydrogens is 204 g/mol. The molecule has 0 aliphatic heterocycles. The maximum Gasteiger partial charge on any atom is 0.360 e. The van der Waals surface area contributed by atoms with Crippen LogP contribution in [0, 0.1) is 0 Å². The van der Waals surface area contributed by atoms with E-state index in [1.807, 2.05) is 30.3 Å². The van der Waals surface area contributed by atoms with Crippen LogP contribution in [0.15, 0.2) is 45.5 Å². The normalized spacial score (nSPS) is 10.3. The third-order valence-corrected chi connectivity index (χ3v) is 2.02. The number of halogens is 1. The van der Waals surface area contributed by atoms with Crippen molar-refractivity contribution in [3.8, 4) is 0 Å². The van der Waals surface area contributed by atoms with Crippen LogP contribution in [-0.4, -0.2) is 0 Å². The molecule has 1 heterocycles. The second kappa shape index (κ2) is 2.62. The van der Waals surface area contributed by atoms with Crippen molar-refractivity contribution in [3.05, 3.63) is 41.1 Å². The Labute approximate surface area is 72.8 Å². The maximum atomic E-state index is 5.26. The molecule has 54 valence electrons. The van der Waals surface area contributed by atoms with E-state index in [0.29, 0.717) is 0 Å². The number of hydrogen-bond acceptors (Lipinski definition) is 0. The zero-order valence-electron chi connectivity index (χ0n) is 5.75. The molecule has 2 aromatic rings. The molecule has 2 rings (SSSR count). The molecule has 0 atom stereocenters. The van der Waals surface area contributed by atoms with E-state index in [-0.39, 0.29) is 0 Å². The van der Waals surface area contributed by atoms with E-state index in [1.54, 1.807) is 6.26 Å². The van der Waals surface area contributed by atoms with Crippen molar-refractivity contribution in [3.63, 3.8) is 0 Å². The summed E-state index contributed by atoms with van der Waals surface area (Å²) in [5.41, 5.74) is 0.905. The fourth-order valence-corrected chi connectivity index (χ4v) is 1.34. The van der Waals surface area contributed by atoms with Crippen LogP contribution in [0.2, 0.25) is 0 Å². The van der Waals surface area contributed by atoms with Crippen molar-refractivity contribution < 1.29 is 4.42 Å². The van der Waals surface area contributed by atoms with Gasteiger partial charge in [-0.1, -0.05) is 15.9 Å². The van der Waals surface area contributed by atoms with Crippen LogP contribution in [0.4, 0.5) is 0 Å². The van der Waals surface area contributed by atoms with E-state index in [2.05, 4.69) is 15.9 Å². The molecule has 0 amide bonds. The molecule has 1 nitrogen and oxygen atoms in total. The molecule has 0 unspecified atom stereocenters. The van der Waals surface area contributed by atoms with Crippen LogP contribution in [-0.2, 0) is 0 Å². The SMILES string of the molecule is Brc1ccc2ccc[o+]c2c1. The van der Waals surface area contributed by atoms with E-state index in [0.717, 1.165) is 15.4 Å². The quantitative estimate of drug-likeness (QED) is 0.606. The second-order valence-corrected chi connectivity index (χ2v) is 3.21. The average Bonchev–Trinajstić information content (AvgIpc) is 2.04. The van der Waals surface area contributed by atoms with E-state index in [9.17, 15) is 0 Å². The van der Waals surface area contributed by atoms with Gasteiger partial charge in [-0.05, 0) is 18.2 Å². The Balaban J connectivity index is 2.83. The molecule has 1 aromatic carbocycles. The topological polar surface area (TPSA) is 11.3 Å². The van der Waals surface area contributed by atoms with Crippen molar-refractivity contribution in [1.82, 2.24) is 0 Å². The first-order valence-corrected chi connectivity index (χ1v) is 4.12. The smallest absolute Gasteiger partial charge is 0.216 e. The third-order valence-electron chi connectivity index (χ3n) is 1.52. The average molecular weight is 210 g/mol. The second-order valence-electron chi connectivity index (χ2n) is 2.30. The van der Waals surface area contributed by atoms with Crippen molar-refractivity contribution in [2.45, 2.75) is 0 Å². The minimum absolute atomic E-state index is 0.905. The summed E-state index contributed by atoms with van der Waals surface area (Å²) in [5, 5.41) is 1.12. The van der Waals surface area contributed by atoms with Gasteiger partial charge in [-0.2, -0.15) is 0 Å². The number of benzene rings is 1. The summed E-state index contributed by atoms with van der Waals surface area (Å²) >= 11 is 3.37. The molecule has 0 radical (unpaired) electrons. The van der Waals surface area contributed by atoms with Crippen LogP contribution in [0.1, 0.15) is 0 Å². The zero-order chi connectivity index (χ0) is 7.68. The lowest BCUT2D eigenvalue weighted by molar-refractivity contribution is 0.603. The number of rotatable bonds is 0. The monoisotopic (exact) mass is 209 g/mol. The summed E-state index contributed by atoms with van der Waals surface area (Å²) in [5.74, 6) is 0.